The topological polar surface area (TPSA) is 86.8 Å². The van der Waals surface area contributed by atoms with Gasteiger partial charge in [0.1, 0.15) is 10.8 Å². The Morgan fingerprint density at radius 1 is 1.35 bits per heavy atom. The van der Waals surface area contributed by atoms with Gasteiger partial charge in [-0.15, -0.1) is 11.3 Å². The summed E-state index contributed by atoms with van der Waals surface area (Å²) in [5.41, 5.74) is 5.60. The van der Waals surface area contributed by atoms with E-state index >= 15 is 0 Å². The van der Waals surface area contributed by atoms with E-state index in [9.17, 15) is 0 Å². The Hall–Kier alpha value is -1.76. The van der Waals surface area contributed by atoms with Crippen LogP contribution in [0, 0.1) is 0 Å². The van der Waals surface area contributed by atoms with Gasteiger partial charge in [0.25, 0.3) is 0 Å². The maximum atomic E-state index is 5.60. The maximum absolute atomic E-state index is 5.60. The van der Waals surface area contributed by atoms with Crippen molar-refractivity contribution < 1.29 is 4.74 Å². The van der Waals surface area contributed by atoms with Crippen LogP contribution in [0.4, 0.5) is 5.95 Å². The van der Waals surface area contributed by atoms with Gasteiger partial charge in [0.15, 0.2) is 0 Å². The van der Waals surface area contributed by atoms with Crippen LogP contribution in [0.5, 0.6) is 6.01 Å². The number of nitrogen functional groups attached to an aromatic ring is 1. The van der Waals surface area contributed by atoms with Crippen LogP contribution in [-0.2, 0) is 6.42 Å². The summed E-state index contributed by atoms with van der Waals surface area (Å²) in [6, 6.07) is 0.263. The fourth-order valence-electron chi connectivity index (χ4n) is 1.23. The van der Waals surface area contributed by atoms with Crippen molar-refractivity contribution in [2.24, 2.45) is 0 Å². The number of nitrogens with zero attached hydrogens (tertiary/aromatic N) is 4. The Morgan fingerprint density at radius 3 is 2.82 bits per heavy atom. The summed E-state index contributed by atoms with van der Waals surface area (Å²) in [6.45, 7) is 3.81. The fraction of sp³-hybridized carbons (Fsp3) is 0.400. The zero-order chi connectivity index (χ0) is 12.3. The summed E-state index contributed by atoms with van der Waals surface area (Å²) in [7, 11) is 0. The zero-order valence-corrected chi connectivity index (χ0v) is 10.4. The molecule has 0 aliphatic heterocycles. The molecule has 0 fully saturated rings. The van der Waals surface area contributed by atoms with Gasteiger partial charge in [-0.2, -0.15) is 15.0 Å². The third-order valence-corrected chi connectivity index (χ3v) is 2.59. The van der Waals surface area contributed by atoms with Crippen molar-refractivity contribution >= 4 is 17.3 Å². The molecule has 0 bridgehead atoms. The van der Waals surface area contributed by atoms with Crippen LogP contribution in [0.15, 0.2) is 11.6 Å². The molecule has 6 nitrogen and oxygen atoms in total. The van der Waals surface area contributed by atoms with E-state index in [1.165, 1.54) is 0 Å². The second kappa shape index (κ2) is 5.05. The minimum absolute atomic E-state index is 0.00418. The van der Waals surface area contributed by atoms with Crippen molar-refractivity contribution in [1.29, 1.82) is 0 Å². The molecule has 0 aliphatic rings. The summed E-state index contributed by atoms with van der Waals surface area (Å²) in [5.74, 6) is 0.741. The van der Waals surface area contributed by atoms with Crippen molar-refractivity contribution in [3.8, 4) is 6.01 Å². The molecular formula is C10H13N5OS. The highest BCUT2D eigenvalue weighted by Crippen LogP contribution is 2.12. The monoisotopic (exact) mass is 251 g/mol. The lowest BCUT2D eigenvalue weighted by Gasteiger charge is -2.08. The van der Waals surface area contributed by atoms with Gasteiger partial charge in [-0.1, -0.05) is 0 Å². The van der Waals surface area contributed by atoms with Crippen molar-refractivity contribution in [3.05, 3.63) is 22.4 Å². The quantitative estimate of drug-likeness (QED) is 0.881. The fourth-order valence-corrected chi connectivity index (χ4v) is 1.85. The largest absolute Gasteiger partial charge is 0.461 e. The van der Waals surface area contributed by atoms with Gasteiger partial charge < -0.3 is 10.5 Å². The molecule has 0 aliphatic carbocycles. The first-order chi connectivity index (χ1) is 8.13. The lowest BCUT2D eigenvalue weighted by Crippen LogP contribution is -2.12. The Morgan fingerprint density at radius 2 is 2.18 bits per heavy atom. The predicted octanol–water partition coefficient (Wildman–Crippen LogP) is 1.29. The molecular weight excluding hydrogens is 238 g/mol. The van der Waals surface area contributed by atoms with Crippen LogP contribution in [0.2, 0.25) is 0 Å². The number of aromatic nitrogens is 4. The summed E-state index contributed by atoms with van der Waals surface area (Å²) >= 11 is 1.55. The summed E-state index contributed by atoms with van der Waals surface area (Å²) < 4.78 is 5.40. The average Bonchev–Trinajstić information content (AvgIpc) is 2.67. The lowest BCUT2D eigenvalue weighted by molar-refractivity contribution is 0.221. The van der Waals surface area contributed by atoms with E-state index in [4.69, 9.17) is 10.5 Å². The number of thiazole rings is 1. The number of nitrogens with two attached hydrogens (primary N) is 1. The number of rotatable bonds is 4. The van der Waals surface area contributed by atoms with E-state index in [0.29, 0.717) is 12.2 Å². The predicted molar refractivity (Wildman–Crippen MR) is 64.9 cm³/mol. The maximum Gasteiger partial charge on any atom is 0.321 e. The molecule has 2 heterocycles. The van der Waals surface area contributed by atoms with E-state index < -0.39 is 0 Å². The van der Waals surface area contributed by atoms with Gasteiger partial charge in [-0.3, -0.25) is 0 Å². The first-order valence-corrected chi connectivity index (χ1v) is 6.07. The molecule has 90 valence electrons. The molecule has 0 spiro atoms. The standard InChI is InChI=1S/C10H13N5OS/c1-6(2)16-10-14-7(13-9(11)15-10)5-8-12-3-4-17-8/h3-4,6H,5H2,1-2H3,(H2,11,13,14,15). The van der Waals surface area contributed by atoms with Gasteiger partial charge in [-0.25, -0.2) is 4.98 Å². The Kier molecular flexibility index (Phi) is 3.48. The molecule has 0 unspecified atom stereocenters. The van der Waals surface area contributed by atoms with E-state index in [2.05, 4.69) is 19.9 Å². The van der Waals surface area contributed by atoms with Gasteiger partial charge in [0.2, 0.25) is 5.95 Å². The Labute approximate surface area is 103 Å². The molecule has 0 atom stereocenters. The number of hydrogen-bond acceptors (Lipinski definition) is 7. The number of anilines is 1. The molecule has 2 N–H and O–H groups in total. The van der Waals surface area contributed by atoms with Gasteiger partial charge in [0.05, 0.1) is 12.5 Å². The molecule has 2 aromatic rings. The SMILES string of the molecule is CC(C)Oc1nc(N)nc(Cc2nccs2)n1. The van der Waals surface area contributed by atoms with E-state index in [-0.39, 0.29) is 18.1 Å². The third-order valence-electron chi connectivity index (χ3n) is 1.81. The molecule has 0 radical (unpaired) electrons. The molecule has 2 rings (SSSR count). The summed E-state index contributed by atoms with van der Waals surface area (Å²) in [5, 5.41) is 2.84. The molecule has 0 aromatic carbocycles. The van der Waals surface area contributed by atoms with Crippen molar-refractivity contribution in [3.63, 3.8) is 0 Å². The molecule has 0 amide bonds. The smallest absolute Gasteiger partial charge is 0.321 e. The highest BCUT2D eigenvalue weighted by atomic mass is 32.1. The second-order valence-corrected chi connectivity index (χ2v) is 4.64. The van der Waals surface area contributed by atoms with Crippen LogP contribution >= 0.6 is 11.3 Å². The highest BCUT2D eigenvalue weighted by Gasteiger charge is 2.08. The second-order valence-electron chi connectivity index (χ2n) is 3.66. The van der Waals surface area contributed by atoms with Crippen LogP contribution in [0.3, 0.4) is 0 Å². The number of hydrogen-bond donors (Lipinski definition) is 1. The minimum atomic E-state index is 0.00418. The minimum Gasteiger partial charge on any atom is -0.461 e. The Balaban J connectivity index is 2.19. The van der Waals surface area contributed by atoms with Crippen LogP contribution < -0.4 is 10.5 Å². The van der Waals surface area contributed by atoms with E-state index in [0.717, 1.165) is 5.01 Å². The van der Waals surface area contributed by atoms with Crippen LogP contribution in [0.25, 0.3) is 0 Å². The average molecular weight is 251 g/mol. The van der Waals surface area contributed by atoms with Gasteiger partial charge in [0, 0.05) is 11.6 Å². The third kappa shape index (κ3) is 3.35. The Bertz CT molecular complexity index is 485. The molecule has 17 heavy (non-hydrogen) atoms. The van der Waals surface area contributed by atoms with Crippen molar-refractivity contribution in [2.75, 3.05) is 5.73 Å². The highest BCUT2D eigenvalue weighted by molar-refractivity contribution is 7.09. The lowest BCUT2D eigenvalue weighted by atomic mass is 10.4. The van der Waals surface area contributed by atoms with Crippen molar-refractivity contribution in [2.45, 2.75) is 26.4 Å². The molecule has 0 saturated heterocycles. The molecule has 0 saturated carbocycles. The van der Waals surface area contributed by atoms with Crippen LogP contribution in [-0.4, -0.2) is 26.0 Å². The zero-order valence-electron chi connectivity index (χ0n) is 9.62. The first kappa shape index (κ1) is 11.7. The van der Waals surface area contributed by atoms with E-state index in [1.807, 2.05) is 19.2 Å². The summed E-state index contributed by atoms with van der Waals surface area (Å²) in [6.07, 6.45) is 2.29. The summed E-state index contributed by atoms with van der Waals surface area (Å²) in [4.78, 5) is 16.3. The van der Waals surface area contributed by atoms with Gasteiger partial charge >= 0.3 is 6.01 Å². The first-order valence-electron chi connectivity index (χ1n) is 5.19. The van der Waals surface area contributed by atoms with Gasteiger partial charge in [-0.05, 0) is 13.8 Å². The normalized spacial score (nSPS) is 10.8. The van der Waals surface area contributed by atoms with E-state index in [1.54, 1.807) is 17.5 Å². The molecule has 2 aromatic heterocycles. The van der Waals surface area contributed by atoms with Crippen molar-refractivity contribution in [1.82, 2.24) is 19.9 Å². The molecule has 7 heteroatoms. The number of ether oxygens (including phenoxy) is 1. The van der Waals surface area contributed by atoms with Crippen LogP contribution in [0.1, 0.15) is 24.7 Å².